The van der Waals surface area contributed by atoms with Gasteiger partial charge < -0.3 is 14.6 Å². The number of H-pyrrole nitrogens is 1. The average Bonchev–Trinajstić information content (AvgIpc) is 2.64. The first-order valence-electron chi connectivity index (χ1n) is 8.83. The first kappa shape index (κ1) is 19.0. The van der Waals surface area contributed by atoms with E-state index < -0.39 is 0 Å². The van der Waals surface area contributed by atoms with E-state index in [9.17, 15) is 4.79 Å². The van der Waals surface area contributed by atoms with Gasteiger partial charge in [-0.3, -0.25) is 4.79 Å². The van der Waals surface area contributed by atoms with Gasteiger partial charge in [-0.05, 0) is 31.6 Å². The van der Waals surface area contributed by atoms with Gasteiger partial charge in [-0.1, -0.05) is 44.2 Å². The summed E-state index contributed by atoms with van der Waals surface area (Å²) < 4.78 is 5.55. The number of nitrogens with one attached hydrogen (secondary N) is 1. The molecule has 0 amide bonds. The number of aromatic nitrogens is 1. The highest BCUT2D eigenvalue weighted by Crippen LogP contribution is 2.18. The summed E-state index contributed by atoms with van der Waals surface area (Å²) in [7, 11) is 5.79. The maximum Gasteiger partial charge on any atom is 0.255 e. The van der Waals surface area contributed by atoms with Crippen molar-refractivity contribution in [3.8, 4) is 11.1 Å². The molecule has 0 spiro atoms. The van der Waals surface area contributed by atoms with Gasteiger partial charge in [0.05, 0.1) is 7.11 Å². The van der Waals surface area contributed by atoms with Gasteiger partial charge in [0, 0.05) is 35.2 Å². The fourth-order valence-corrected chi connectivity index (χ4v) is 3.10. The van der Waals surface area contributed by atoms with E-state index in [1.807, 2.05) is 19.9 Å². The van der Waals surface area contributed by atoms with Crippen molar-refractivity contribution in [2.24, 2.45) is 0 Å². The molecule has 0 atom stereocenters. The molecule has 0 aliphatic heterocycles. The lowest BCUT2D eigenvalue weighted by atomic mass is 9.98. The normalized spacial score (nSPS) is 12.8. The molecule has 0 radical (unpaired) electrons. The number of hydrogen-bond acceptors (Lipinski definition) is 3. The quantitative estimate of drug-likeness (QED) is 0.930. The lowest BCUT2D eigenvalue weighted by Gasteiger charge is -2.14. The Bertz CT molecular complexity index is 878. The molecule has 25 heavy (non-hydrogen) atoms. The van der Waals surface area contributed by atoms with E-state index >= 15 is 0 Å². The van der Waals surface area contributed by atoms with Gasteiger partial charge in [0.15, 0.2) is 0 Å². The van der Waals surface area contributed by atoms with Crippen LogP contribution in [0.15, 0.2) is 35.3 Å². The number of fused-ring (bicyclic) bond motifs is 1. The van der Waals surface area contributed by atoms with E-state index in [1.54, 1.807) is 13.3 Å². The molecule has 1 aromatic heterocycles. The van der Waals surface area contributed by atoms with Crippen LogP contribution in [0.2, 0.25) is 0 Å². The Morgan fingerprint density at radius 2 is 1.84 bits per heavy atom. The van der Waals surface area contributed by atoms with Gasteiger partial charge in [-0.25, -0.2) is 0 Å². The highest BCUT2D eigenvalue weighted by atomic mass is 16.5. The van der Waals surface area contributed by atoms with Gasteiger partial charge in [-0.2, -0.15) is 0 Å². The van der Waals surface area contributed by atoms with Crippen LogP contribution >= 0.6 is 0 Å². The van der Waals surface area contributed by atoms with E-state index in [-0.39, 0.29) is 5.56 Å². The van der Waals surface area contributed by atoms with E-state index in [4.69, 9.17) is 4.74 Å². The van der Waals surface area contributed by atoms with Crippen LogP contribution < -0.4 is 16.0 Å². The largest absolute Gasteiger partial charge is 0.500 e. The second-order valence-electron chi connectivity index (χ2n) is 6.12. The summed E-state index contributed by atoms with van der Waals surface area (Å²) in [5.41, 5.74) is 3.32. The van der Waals surface area contributed by atoms with Gasteiger partial charge in [-0.15, -0.1) is 0 Å². The molecular formula is C21H28N2O2. The van der Waals surface area contributed by atoms with Gasteiger partial charge >= 0.3 is 0 Å². The van der Waals surface area contributed by atoms with E-state index in [0.29, 0.717) is 0 Å². The van der Waals surface area contributed by atoms with E-state index in [0.717, 1.165) is 46.7 Å². The van der Waals surface area contributed by atoms with Crippen molar-refractivity contribution >= 4 is 11.8 Å². The van der Waals surface area contributed by atoms with Crippen LogP contribution in [-0.4, -0.2) is 31.1 Å². The topological polar surface area (TPSA) is 45.3 Å². The smallest absolute Gasteiger partial charge is 0.255 e. The molecule has 2 aromatic rings. The van der Waals surface area contributed by atoms with Crippen LogP contribution in [0, 0.1) is 0 Å². The number of methoxy groups -OCH3 is 1. The van der Waals surface area contributed by atoms with E-state index in [1.165, 1.54) is 5.56 Å². The summed E-state index contributed by atoms with van der Waals surface area (Å²) in [6, 6.07) is 8.47. The van der Waals surface area contributed by atoms with Crippen molar-refractivity contribution in [1.29, 1.82) is 0 Å². The Kier molecular flexibility index (Phi) is 6.59. The Morgan fingerprint density at radius 3 is 2.44 bits per heavy atom. The average molecular weight is 340 g/mol. The molecule has 0 fully saturated rings. The number of benzene rings is 1. The van der Waals surface area contributed by atoms with Crippen molar-refractivity contribution in [3.63, 3.8) is 0 Å². The second-order valence-corrected chi connectivity index (χ2v) is 6.12. The maximum absolute atomic E-state index is 12.1. The van der Waals surface area contributed by atoms with E-state index in [2.05, 4.69) is 48.2 Å². The third-order valence-electron chi connectivity index (χ3n) is 4.14. The molecule has 1 heterocycles. The zero-order valence-corrected chi connectivity index (χ0v) is 15.8. The van der Waals surface area contributed by atoms with Crippen molar-refractivity contribution in [1.82, 2.24) is 9.88 Å². The van der Waals surface area contributed by atoms with Crippen molar-refractivity contribution in [2.75, 3.05) is 21.2 Å². The minimum absolute atomic E-state index is 0.0535. The second kappa shape index (κ2) is 8.67. The standard InChI is InChI=1S/C19H22N2O2.C2H6/c1-21(2)12-13-7-9-14(10-8-13)16-11-20-19(22)15-5-4-6-17(23-3)18(15)16;1-2/h5,7-11H,4,6,12H2,1-3H3,(H,20,22);1-2H3. The van der Waals surface area contributed by atoms with Crippen LogP contribution in [0.25, 0.3) is 23.0 Å². The number of rotatable bonds is 4. The summed E-state index contributed by atoms with van der Waals surface area (Å²) in [4.78, 5) is 17.1. The van der Waals surface area contributed by atoms with Crippen molar-refractivity contribution in [3.05, 3.63) is 56.8 Å². The highest BCUT2D eigenvalue weighted by Gasteiger charge is 2.12. The first-order chi connectivity index (χ1) is 12.1. The predicted molar refractivity (Wildman–Crippen MR) is 105 cm³/mol. The molecule has 0 saturated carbocycles. The number of pyridine rings is 1. The third-order valence-corrected chi connectivity index (χ3v) is 4.14. The summed E-state index contributed by atoms with van der Waals surface area (Å²) >= 11 is 0. The third kappa shape index (κ3) is 4.20. The molecule has 4 nitrogen and oxygen atoms in total. The Labute approximate surface area is 149 Å². The van der Waals surface area contributed by atoms with Crippen LogP contribution in [0.3, 0.4) is 0 Å². The zero-order valence-electron chi connectivity index (χ0n) is 15.8. The van der Waals surface area contributed by atoms with Crippen LogP contribution in [-0.2, 0) is 11.3 Å². The predicted octanol–water partition coefficient (Wildman–Crippen LogP) is 2.46. The molecule has 4 heteroatoms. The minimum Gasteiger partial charge on any atom is -0.500 e. The molecule has 0 saturated heterocycles. The van der Waals surface area contributed by atoms with Crippen molar-refractivity contribution in [2.45, 2.75) is 33.2 Å². The number of aromatic amines is 1. The van der Waals surface area contributed by atoms with Gasteiger partial charge in [0.25, 0.3) is 5.56 Å². The summed E-state index contributed by atoms with van der Waals surface area (Å²) in [6.07, 6.45) is 5.46. The molecule has 1 aliphatic carbocycles. The molecule has 1 N–H and O–H groups in total. The number of nitrogens with zero attached hydrogens (tertiary/aromatic N) is 1. The molecule has 0 unspecified atom stereocenters. The lowest BCUT2D eigenvalue weighted by molar-refractivity contribution is 0.348. The summed E-state index contributed by atoms with van der Waals surface area (Å²) in [5, 5.41) is 1.66. The zero-order chi connectivity index (χ0) is 18.4. The molecule has 134 valence electrons. The van der Waals surface area contributed by atoms with Crippen LogP contribution in [0.4, 0.5) is 0 Å². The van der Waals surface area contributed by atoms with Crippen molar-refractivity contribution < 1.29 is 4.74 Å². The fraction of sp³-hybridized carbons (Fsp3) is 0.381. The first-order valence-corrected chi connectivity index (χ1v) is 8.83. The summed E-state index contributed by atoms with van der Waals surface area (Å²) in [5.74, 6) is 0.890. The molecular weight excluding hydrogens is 312 g/mol. The van der Waals surface area contributed by atoms with Gasteiger partial charge in [0.1, 0.15) is 5.76 Å². The molecule has 3 rings (SSSR count). The maximum atomic E-state index is 12.1. The number of hydrogen-bond donors (Lipinski definition) is 1. The van der Waals surface area contributed by atoms with Gasteiger partial charge in [0.2, 0.25) is 0 Å². The van der Waals surface area contributed by atoms with Crippen LogP contribution in [0.5, 0.6) is 0 Å². The molecule has 1 aromatic carbocycles. The summed E-state index contributed by atoms with van der Waals surface area (Å²) in [6.45, 7) is 4.91. The molecule has 1 aliphatic rings. The lowest BCUT2D eigenvalue weighted by Crippen LogP contribution is -2.44. The monoisotopic (exact) mass is 340 g/mol. The highest BCUT2D eigenvalue weighted by molar-refractivity contribution is 5.67. The van der Waals surface area contributed by atoms with Crippen LogP contribution in [0.1, 0.15) is 32.3 Å². The Hall–Kier alpha value is -2.33. The minimum atomic E-state index is -0.0535. The Morgan fingerprint density at radius 1 is 1.16 bits per heavy atom. The number of ether oxygens (including phenoxy) is 1. The Balaban J connectivity index is 0.00000109. The molecule has 0 bridgehead atoms. The fourth-order valence-electron chi connectivity index (χ4n) is 3.10. The SMILES string of the molecule is CC.COC1=c2c(-c3ccc(CN(C)C)cc3)c[nH]c(=O)c2=CCC1.